The molecule has 1 aromatic rings. The van der Waals surface area contributed by atoms with Crippen LogP contribution < -0.4 is 0 Å². The van der Waals surface area contributed by atoms with E-state index in [1.165, 1.54) is 0 Å². The van der Waals surface area contributed by atoms with Crippen LogP contribution in [0.5, 0.6) is 0 Å². The van der Waals surface area contributed by atoms with E-state index in [1.807, 2.05) is 44.2 Å². The van der Waals surface area contributed by atoms with E-state index in [1.54, 1.807) is 4.90 Å². The van der Waals surface area contributed by atoms with Gasteiger partial charge in [0.25, 0.3) is 0 Å². The van der Waals surface area contributed by atoms with Crippen LogP contribution in [-0.4, -0.2) is 34.7 Å². The van der Waals surface area contributed by atoms with Crippen molar-refractivity contribution in [2.45, 2.75) is 65.0 Å². The molecule has 0 unspecified atom stereocenters. The summed E-state index contributed by atoms with van der Waals surface area (Å²) < 4.78 is 11.7. The van der Waals surface area contributed by atoms with Crippen molar-refractivity contribution in [2.75, 3.05) is 5.88 Å². The molecule has 0 spiro atoms. The van der Waals surface area contributed by atoms with Crippen molar-refractivity contribution in [2.24, 2.45) is 5.92 Å². The average molecular weight is 354 g/mol. The van der Waals surface area contributed by atoms with Gasteiger partial charge in [-0.3, -0.25) is 4.90 Å². The summed E-state index contributed by atoms with van der Waals surface area (Å²) in [5.41, 5.74) is 0.283. The number of nitrogens with zero attached hydrogens (tertiary/aromatic N) is 1. The van der Waals surface area contributed by atoms with E-state index < -0.39 is 5.72 Å². The molecule has 24 heavy (non-hydrogen) atoms. The van der Waals surface area contributed by atoms with E-state index in [-0.39, 0.29) is 24.8 Å². The lowest BCUT2D eigenvalue weighted by Gasteiger charge is -2.33. The molecular formula is C19H28ClNO3. The van der Waals surface area contributed by atoms with Crippen LogP contribution in [0.2, 0.25) is 0 Å². The summed E-state index contributed by atoms with van der Waals surface area (Å²) in [6.45, 7) is 8.39. The standard InChI is InChI=1S/C19H28ClNO3/c1-14(2)12-16-17(10-11-20)24-19(3,4)21(16)18(22)23-13-15-8-6-5-7-9-15/h5-9,14,16-17H,10-13H2,1-4H3/t16-,17-/m0/s1. The van der Waals surface area contributed by atoms with Gasteiger partial charge in [-0.1, -0.05) is 44.2 Å². The second-order valence-electron chi connectivity index (χ2n) is 7.19. The van der Waals surface area contributed by atoms with Gasteiger partial charge >= 0.3 is 6.09 Å². The van der Waals surface area contributed by atoms with Crippen LogP contribution in [0.3, 0.4) is 0 Å². The van der Waals surface area contributed by atoms with Crippen molar-refractivity contribution >= 4 is 17.7 Å². The molecule has 0 aliphatic carbocycles. The van der Waals surface area contributed by atoms with Gasteiger partial charge in [-0.05, 0) is 38.2 Å². The highest BCUT2D eigenvalue weighted by molar-refractivity contribution is 6.17. The van der Waals surface area contributed by atoms with Crippen LogP contribution in [0.1, 0.15) is 46.1 Å². The number of alkyl halides is 1. The topological polar surface area (TPSA) is 38.8 Å². The number of hydrogen-bond donors (Lipinski definition) is 0. The van der Waals surface area contributed by atoms with E-state index in [2.05, 4.69) is 13.8 Å². The minimum absolute atomic E-state index is 0.0120. The molecule has 1 saturated heterocycles. The summed E-state index contributed by atoms with van der Waals surface area (Å²) in [5.74, 6) is 0.970. The fraction of sp³-hybridized carbons (Fsp3) is 0.632. The molecule has 2 rings (SSSR count). The lowest BCUT2D eigenvalue weighted by Crippen LogP contribution is -2.49. The van der Waals surface area contributed by atoms with Gasteiger partial charge in [0.1, 0.15) is 12.3 Å². The van der Waals surface area contributed by atoms with Crippen molar-refractivity contribution in [3.63, 3.8) is 0 Å². The molecule has 1 fully saturated rings. The molecule has 0 N–H and O–H groups in total. The predicted octanol–water partition coefficient (Wildman–Crippen LogP) is 4.80. The van der Waals surface area contributed by atoms with Gasteiger partial charge in [0, 0.05) is 5.88 Å². The Morgan fingerprint density at radius 3 is 2.58 bits per heavy atom. The second-order valence-corrected chi connectivity index (χ2v) is 7.57. The monoisotopic (exact) mass is 353 g/mol. The second kappa shape index (κ2) is 8.21. The first-order valence-electron chi connectivity index (χ1n) is 8.59. The molecule has 1 aliphatic heterocycles. The lowest BCUT2D eigenvalue weighted by atomic mass is 9.97. The smallest absolute Gasteiger partial charge is 0.412 e. The van der Waals surface area contributed by atoms with Crippen molar-refractivity contribution in [1.29, 1.82) is 0 Å². The Morgan fingerprint density at radius 1 is 1.33 bits per heavy atom. The van der Waals surface area contributed by atoms with Crippen molar-refractivity contribution in [1.82, 2.24) is 4.90 Å². The summed E-state index contributed by atoms with van der Waals surface area (Å²) in [6.07, 6.45) is 1.21. The molecule has 0 bridgehead atoms. The van der Waals surface area contributed by atoms with Crippen LogP contribution in [0.15, 0.2) is 30.3 Å². The molecule has 1 heterocycles. The maximum atomic E-state index is 12.8. The molecular weight excluding hydrogens is 326 g/mol. The third kappa shape index (κ3) is 4.64. The number of carbonyl (C=O) groups is 1. The van der Waals surface area contributed by atoms with E-state index in [4.69, 9.17) is 21.1 Å². The largest absolute Gasteiger partial charge is 0.444 e. The number of hydrogen-bond acceptors (Lipinski definition) is 3. The van der Waals surface area contributed by atoms with Crippen LogP contribution in [0.4, 0.5) is 4.79 Å². The molecule has 134 valence electrons. The number of rotatable bonds is 6. The van der Waals surface area contributed by atoms with Gasteiger partial charge in [-0.2, -0.15) is 0 Å². The highest BCUT2D eigenvalue weighted by Gasteiger charge is 2.50. The van der Waals surface area contributed by atoms with Gasteiger partial charge in [-0.25, -0.2) is 4.79 Å². The average Bonchev–Trinajstić information content (AvgIpc) is 2.76. The molecule has 5 heteroatoms. The van der Waals surface area contributed by atoms with E-state index >= 15 is 0 Å². The molecule has 1 aliphatic rings. The Labute approximate surface area is 150 Å². The van der Waals surface area contributed by atoms with Crippen LogP contribution in [-0.2, 0) is 16.1 Å². The fourth-order valence-corrected chi connectivity index (χ4v) is 3.53. The van der Waals surface area contributed by atoms with Crippen molar-refractivity contribution < 1.29 is 14.3 Å². The van der Waals surface area contributed by atoms with Crippen LogP contribution in [0.25, 0.3) is 0 Å². The molecule has 4 nitrogen and oxygen atoms in total. The fourth-order valence-electron chi connectivity index (χ4n) is 3.31. The summed E-state index contributed by atoms with van der Waals surface area (Å²) in [7, 11) is 0. The van der Waals surface area contributed by atoms with Gasteiger partial charge in [0.15, 0.2) is 0 Å². The number of amides is 1. The SMILES string of the molecule is CC(C)C[C@H]1[C@H](CCCl)OC(C)(C)N1C(=O)OCc1ccccc1. The summed E-state index contributed by atoms with van der Waals surface area (Å²) in [5, 5.41) is 0. The molecule has 0 radical (unpaired) electrons. The number of carbonyl (C=O) groups excluding carboxylic acids is 1. The molecule has 1 amide bonds. The maximum absolute atomic E-state index is 12.8. The van der Waals surface area contributed by atoms with Crippen LogP contribution in [0, 0.1) is 5.92 Å². The van der Waals surface area contributed by atoms with Gasteiger partial charge in [0.2, 0.25) is 0 Å². The first-order chi connectivity index (χ1) is 11.3. The zero-order valence-corrected chi connectivity index (χ0v) is 15.8. The highest BCUT2D eigenvalue weighted by atomic mass is 35.5. The minimum Gasteiger partial charge on any atom is -0.444 e. The Hall–Kier alpha value is -1.26. The summed E-state index contributed by atoms with van der Waals surface area (Å²) >= 11 is 5.93. The Bertz CT molecular complexity index is 533. The Balaban J connectivity index is 2.11. The first kappa shape index (κ1) is 19.1. The van der Waals surface area contributed by atoms with Crippen molar-refractivity contribution in [3.8, 4) is 0 Å². The highest BCUT2D eigenvalue weighted by Crippen LogP contribution is 2.37. The van der Waals surface area contributed by atoms with E-state index in [9.17, 15) is 4.79 Å². The third-order valence-electron chi connectivity index (χ3n) is 4.29. The quantitative estimate of drug-likeness (QED) is 0.689. The molecule has 0 saturated carbocycles. The third-order valence-corrected chi connectivity index (χ3v) is 4.51. The first-order valence-corrected chi connectivity index (χ1v) is 9.12. The van der Waals surface area contributed by atoms with Crippen molar-refractivity contribution in [3.05, 3.63) is 35.9 Å². The Morgan fingerprint density at radius 2 is 2.00 bits per heavy atom. The van der Waals surface area contributed by atoms with Gasteiger partial charge in [-0.15, -0.1) is 11.6 Å². The van der Waals surface area contributed by atoms with E-state index in [0.717, 1.165) is 18.4 Å². The molecule has 0 aromatic heterocycles. The van der Waals surface area contributed by atoms with Crippen LogP contribution >= 0.6 is 11.6 Å². The normalized spacial score (nSPS) is 22.8. The maximum Gasteiger partial charge on any atom is 0.412 e. The number of ether oxygens (including phenoxy) is 2. The van der Waals surface area contributed by atoms with E-state index in [0.29, 0.717) is 11.8 Å². The molecule has 1 aromatic carbocycles. The zero-order chi connectivity index (χ0) is 17.7. The summed E-state index contributed by atoms with van der Waals surface area (Å²) in [6, 6.07) is 9.69. The zero-order valence-electron chi connectivity index (χ0n) is 15.0. The van der Waals surface area contributed by atoms with Gasteiger partial charge < -0.3 is 9.47 Å². The summed E-state index contributed by atoms with van der Waals surface area (Å²) in [4.78, 5) is 14.5. The lowest BCUT2D eigenvalue weighted by molar-refractivity contribution is -0.0710. The van der Waals surface area contributed by atoms with Gasteiger partial charge in [0.05, 0.1) is 12.1 Å². The predicted molar refractivity (Wildman–Crippen MR) is 96.0 cm³/mol. The molecule has 2 atom stereocenters. The number of benzene rings is 1. The minimum atomic E-state index is -0.690. The number of halogens is 1. The Kier molecular flexibility index (Phi) is 6.53.